The molecule has 0 atom stereocenters. The smallest absolute Gasteiger partial charge is 0.397 e. The third-order valence-electron chi connectivity index (χ3n) is 2.92. The number of rotatable bonds is 3. The fourth-order valence-corrected chi connectivity index (χ4v) is 1.85. The number of nitrogens with zero attached hydrogens (tertiary/aromatic N) is 1. The molecule has 1 heterocycles. The van der Waals surface area contributed by atoms with Crippen LogP contribution in [0.3, 0.4) is 0 Å². The van der Waals surface area contributed by atoms with Gasteiger partial charge in [-0.25, -0.2) is 0 Å². The number of nitrogen functional groups attached to an aromatic ring is 1. The topological polar surface area (TPSA) is 89.2 Å². The molecule has 2 aromatic rings. The summed E-state index contributed by atoms with van der Waals surface area (Å²) < 4.78 is 37.9. The van der Waals surface area contributed by atoms with Crippen molar-refractivity contribution >= 4 is 28.9 Å². The van der Waals surface area contributed by atoms with Crippen molar-refractivity contribution in [1.29, 1.82) is 0 Å². The van der Waals surface area contributed by atoms with Gasteiger partial charge in [0.1, 0.15) is 5.69 Å². The lowest BCUT2D eigenvalue weighted by Crippen LogP contribution is -2.29. The number of amides is 2. The second-order valence-corrected chi connectivity index (χ2v) is 4.75. The Morgan fingerprint density at radius 1 is 1.09 bits per heavy atom. The van der Waals surface area contributed by atoms with Crippen molar-refractivity contribution in [2.75, 3.05) is 16.4 Å². The summed E-state index contributed by atoms with van der Waals surface area (Å²) in [4.78, 5) is 22.8. The molecule has 0 unspecified atom stereocenters. The first-order valence-electron chi connectivity index (χ1n) is 6.38. The van der Waals surface area contributed by atoms with Gasteiger partial charge in [-0.2, -0.15) is 13.2 Å². The second-order valence-electron chi connectivity index (χ2n) is 4.75. The van der Waals surface area contributed by atoms with Gasteiger partial charge in [0, 0.05) is 24.6 Å². The molecule has 0 radical (unpaired) electrons. The number of carbonyl (C=O) groups is 2. The minimum atomic E-state index is -4.96. The van der Waals surface area contributed by atoms with Gasteiger partial charge in [0.05, 0.1) is 5.69 Å². The van der Waals surface area contributed by atoms with E-state index in [4.69, 9.17) is 5.73 Å². The Bertz CT molecular complexity index is 735. The van der Waals surface area contributed by atoms with E-state index in [-0.39, 0.29) is 5.69 Å². The van der Waals surface area contributed by atoms with Crippen LogP contribution in [-0.4, -0.2) is 22.6 Å². The molecule has 4 N–H and O–H groups in total. The number of alkyl halides is 3. The molecule has 23 heavy (non-hydrogen) atoms. The lowest BCUT2D eigenvalue weighted by molar-refractivity contribution is -0.167. The number of anilines is 3. The minimum Gasteiger partial charge on any atom is -0.397 e. The average Bonchev–Trinajstić information content (AvgIpc) is 2.79. The van der Waals surface area contributed by atoms with Crippen molar-refractivity contribution in [2.45, 2.75) is 6.18 Å². The Hall–Kier alpha value is -2.97. The summed E-state index contributed by atoms with van der Waals surface area (Å²) in [7, 11) is 1.65. The number of hydrogen-bond donors (Lipinski definition) is 3. The number of halogens is 3. The van der Waals surface area contributed by atoms with Crippen LogP contribution in [0.15, 0.2) is 36.5 Å². The number of nitrogens with one attached hydrogen (secondary N) is 2. The van der Waals surface area contributed by atoms with Gasteiger partial charge in [0.25, 0.3) is 5.91 Å². The van der Waals surface area contributed by atoms with Gasteiger partial charge < -0.3 is 20.9 Å². The van der Waals surface area contributed by atoms with E-state index in [0.29, 0.717) is 17.1 Å². The van der Waals surface area contributed by atoms with E-state index in [2.05, 4.69) is 5.32 Å². The van der Waals surface area contributed by atoms with Crippen molar-refractivity contribution in [3.63, 3.8) is 0 Å². The van der Waals surface area contributed by atoms with Gasteiger partial charge in [-0.1, -0.05) is 0 Å². The SMILES string of the molecule is Cn1cc(N)cc1C(=O)Nc1ccc(NC(=O)C(F)(F)F)cc1. The molecule has 1 aromatic carbocycles. The average molecular weight is 326 g/mol. The van der Waals surface area contributed by atoms with Crippen LogP contribution in [0, 0.1) is 0 Å². The Kier molecular flexibility index (Phi) is 4.30. The van der Waals surface area contributed by atoms with Crippen molar-refractivity contribution in [1.82, 2.24) is 4.57 Å². The lowest BCUT2D eigenvalue weighted by Gasteiger charge is -2.09. The maximum atomic E-state index is 12.1. The van der Waals surface area contributed by atoms with Gasteiger partial charge in [-0.15, -0.1) is 0 Å². The number of carbonyl (C=O) groups excluding carboxylic acids is 2. The van der Waals surface area contributed by atoms with E-state index in [1.54, 1.807) is 23.1 Å². The molecule has 0 aliphatic rings. The number of nitrogens with two attached hydrogens (primary N) is 1. The lowest BCUT2D eigenvalue weighted by atomic mass is 10.2. The fraction of sp³-hybridized carbons (Fsp3) is 0.143. The van der Waals surface area contributed by atoms with E-state index in [1.165, 1.54) is 30.3 Å². The molecule has 9 heteroatoms. The number of hydrogen-bond acceptors (Lipinski definition) is 3. The normalized spacial score (nSPS) is 11.1. The highest BCUT2D eigenvalue weighted by Gasteiger charge is 2.38. The highest BCUT2D eigenvalue weighted by molar-refractivity contribution is 6.04. The Morgan fingerprint density at radius 3 is 2.04 bits per heavy atom. The maximum Gasteiger partial charge on any atom is 0.471 e. The third kappa shape index (κ3) is 4.02. The zero-order chi connectivity index (χ0) is 17.2. The number of aryl methyl sites for hydroxylation is 1. The molecule has 0 bridgehead atoms. The van der Waals surface area contributed by atoms with Crippen LogP contribution < -0.4 is 16.4 Å². The molecule has 2 rings (SSSR count). The van der Waals surface area contributed by atoms with E-state index < -0.39 is 18.0 Å². The summed E-state index contributed by atoms with van der Waals surface area (Å²) in [5.74, 6) is -2.48. The van der Waals surface area contributed by atoms with Crippen LogP contribution in [0.2, 0.25) is 0 Å². The Balaban J connectivity index is 2.04. The summed E-state index contributed by atoms with van der Waals surface area (Å²) in [6, 6.07) is 6.73. The molecular weight excluding hydrogens is 313 g/mol. The summed E-state index contributed by atoms with van der Waals surface area (Å²) in [5, 5.41) is 4.28. The minimum absolute atomic E-state index is 0.0339. The fourth-order valence-electron chi connectivity index (χ4n) is 1.85. The number of aromatic nitrogens is 1. The van der Waals surface area contributed by atoms with Gasteiger partial charge in [-0.3, -0.25) is 9.59 Å². The molecule has 6 nitrogen and oxygen atoms in total. The highest BCUT2D eigenvalue weighted by Crippen LogP contribution is 2.20. The quantitative estimate of drug-likeness (QED) is 0.809. The van der Waals surface area contributed by atoms with E-state index in [0.717, 1.165) is 0 Å². The summed E-state index contributed by atoms with van der Waals surface area (Å²) in [6.45, 7) is 0. The predicted molar refractivity (Wildman–Crippen MR) is 78.9 cm³/mol. The van der Waals surface area contributed by atoms with Crippen LogP contribution in [0.5, 0.6) is 0 Å². The molecule has 0 fully saturated rings. The van der Waals surface area contributed by atoms with Crippen LogP contribution in [0.1, 0.15) is 10.5 Å². The first-order chi connectivity index (χ1) is 10.7. The van der Waals surface area contributed by atoms with Gasteiger partial charge >= 0.3 is 12.1 Å². The highest BCUT2D eigenvalue weighted by atomic mass is 19.4. The van der Waals surface area contributed by atoms with Gasteiger partial charge in [0.15, 0.2) is 0 Å². The van der Waals surface area contributed by atoms with E-state index in [9.17, 15) is 22.8 Å². The maximum absolute atomic E-state index is 12.1. The van der Waals surface area contributed by atoms with Crippen molar-refractivity contribution in [2.24, 2.45) is 7.05 Å². The first kappa shape index (κ1) is 16.4. The predicted octanol–water partition coefficient (Wildman–Crippen LogP) is 2.36. The zero-order valence-electron chi connectivity index (χ0n) is 11.9. The van der Waals surface area contributed by atoms with Gasteiger partial charge in [0.2, 0.25) is 0 Å². The van der Waals surface area contributed by atoms with Crippen molar-refractivity contribution in [3.05, 3.63) is 42.2 Å². The molecule has 0 saturated heterocycles. The van der Waals surface area contributed by atoms with Crippen molar-refractivity contribution < 1.29 is 22.8 Å². The molecular formula is C14H13F3N4O2. The van der Waals surface area contributed by atoms with Crippen LogP contribution >= 0.6 is 0 Å². The number of benzene rings is 1. The molecule has 1 aromatic heterocycles. The standard InChI is InChI=1S/C14H13F3N4O2/c1-21-7-8(18)6-11(21)12(22)19-9-2-4-10(5-3-9)20-13(23)14(15,16)17/h2-7H,18H2,1H3,(H,19,22)(H,20,23). The monoisotopic (exact) mass is 326 g/mol. The Morgan fingerprint density at radius 2 is 1.61 bits per heavy atom. The molecule has 2 amide bonds. The van der Waals surface area contributed by atoms with Crippen LogP contribution in [-0.2, 0) is 11.8 Å². The summed E-state index contributed by atoms with van der Waals surface area (Å²) >= 11 is 0. The molecule has 0 aliphatic carbocycles. The van der Waals surface area contributed by atoms with E-state index in [1.807, 2.05) is 0 Å². The van der Waals surface area contributed by atoms with E-state index >= 15 is 0 Å². The Labute approximate surface area is 129 Å². The second kappa shape index (κ2) is 6.03. The largest absolute Gasteiger partial charge is 0.471 e. The zero-order valence-corrected chi connectivity index (χ0v) is 11.9. The molecule has 0 saturated carbocycles. The third-order valence-corrected chi connectivity index (χ3v) is 2.92. The summed E-state index contributed by atoms with van der Waals surface area (Å²) in [6.07, 6.45) is -3.38. The molecule has 0 spiro atoms. The molecule has 0 aliphatic heterocycles. The van der Waals surface area contributed by atoms with Crippen molar-refractivity contribution in [3.8, 4) is 0 Å². The first-order valence-corrected chi connectivity index (χ1v) is 6.38. The van der Waals surface area contributed by atoms with Crippen LogP contribution in [0.25, 0.3) is 0 Å². The summed E-state index contributed by atoms with van der Waals surface area (Å²) in [5.41, 5.74) is 6.67. The molecule has 122 valence electrons. The van der Waals surface area contributed by atoms with Gasteiger partial charge in [-0.05, 0) is 30.3 Å². The van der Waals surface area contributed by atoms with Crippen LogP contribution in [0.4, 0.5) is 30.2 Å².